The Labute approximate surface area is 349 Å². The van der Waals surface area contributed by atoms with E-state index in [-0.39, 0.29) is 42.9 Å². The summed E-state index contributed by atoms with van der Waals surface area (Å²) in [6.07, 6.45) is 1.91. The molecule has 6 aromatic rings. The van der Waals surface area contributed by atoms with Crippen molar-refractivity contribution in [3.63, 3.8) is 0 Å². The number of anilines is 1. The number of nitrogens with zero attached hydrogens (tertiary/aromatic N) is 6. The van der Waals surface area contributed by atoms with Gasteiger partial charge in [0.25, 0.3) is 17.4 Å². The number of benzene rings is 4. The standard InChI is InChI=1S/C46H45N7O8/c1-25-12-14-30(15-13-25)48-52-41(55)32-22-35-31(39(28-20-26(2)40(54)27(3)21-28)46(32,43(52)57)29-10-8-7-9-11-29)16-19-51-44(58)50(45(59)53(35)51)18-17-33-42(56)49(4)36-24-38(61-6)37(60-5)23-34(36)47-33/h7-16,20-21,23-24,32,35,39,48,54H,17-19,22H2,1-6H3/t32-,35+,39-,46+/m0/s1. The van der Waals surface area contributed by atoms with Crippen LogP contribution in [-0.4, -0.2) is 59.6 Å². The van der Waals surface area contributed by atoms with Gasteiger partial charge in [0.15, 0.2) is 11.5 Å². The van der Waals surface area contributed by atoms with Crippen LogP contribution in [0.2, 0.25) is 0 Å². The molecule has 2 fully saturated rings. The van der Waals surface area contributed by atoms with Crippen molar-refractivity contribution in [1.29, 1.82) is 0 Å². The molecule has 4 heterocycles. The number of phenolic OH excluding ortho intramolecular Hbond substituents is 1. The number of phenols is 1. The molecular weight excluding hydrogens is 779 g/mol. The van der Waals surface area contributed by atoms with Crippen LogP contribution in [-0.2, 0) is 41.6 Å². The van der Waals surface area contributed by atoms with E-state index in [9.17, 15) is 24.3 Å². The fraction of sp³-hybridized carbons (Fsp3) is 0.304. The van der Waals surface area contributed by atoms with Crippen molar-refractivity contribution in [3.8, 4) is 17.2 Å². The normalized spacial score (nSPS) is 20.6. The molecule has 4 atom stereocenters. The van der Waals surface area contributed by atoms with Gasteiger partial charge in [-0.3, -0.25) is 19.8 Å². The highest BCUT2D eigenvalue weighted by Crippen LogP contribution is 2.62. The van der Waals surface area contributed by atoms with Crippen LogP contribution in [0.1, 0.15) is 51.9 Å². The van der Waals surface area contributed by atoms with Gasteiger partial charge in [0.2, 0.25) is 0 Å². The summed E-state index contributed by atoms with van der Waals surface area (Å²) >= 11 is 0. The second-order valence-corrected chi connectivity index (χ2v) is 16.1. The van der Waals surface area contributed by atoms with Crippen molar-refractivity contribution in [1.82, 2.24) is 28.5 Å². The highest BCUT2D eigenvalue weighted by Gasteiger charge is 2.68. The zero-order valence-electron chi connectivity index (χ0n) is 34.6. The van der Waals surface area contributed by atoms with E-state index < -0.39 is 46.5 Å². The van der Waals surface area contributed by atoms with Gasteiger partial charge in [-0.05, 0) is 67.2 Å². The molecular formula is C46H45N7O8. The number of hydrogen-bond donors (Lipinski definition) is 2. The van der Waals surface area contributed by atoms with Crippen LogP contribution >= 0.6 is 0 Å². The molecule has 2 aromatic heterocycles. The number of methoxy groups -OCH3 is 2. The minimum Gasteiger partial charge on any atom is -0.507 e. The number of allylic oxidation sites excluding steroid dienone is 2. The maximum atomic E-state index is 15.4. The van der Waals surface area contributed by atoms with Crippen molar-refractivity contribution >= 4 is 28.5 Å². The van der Waals surface area contributed by atoms with Crippen molar-refractivity contribution in [2.75, 3.05) is 19.6 Å². The van der Waals surface area contributed by atoms with Gasteiger partial charge in [0.1, 0.15) is 11.4 Å². The van der Waals surface area contributed by atoms with Crippen molar-refractivity contribution < 1.29 is 24.2 Å². The first-order chi connectivity index (χ1) is 29.3. The number of ether oxygens (including phenoxy) is 2. The zero-order chi connectivity index (χ0) is 43.1. The molecule has 0 bridgehead atoms. The van der Waals surface area contributed by atoms with Crippen LogP contribution in [0, 0.1) is 26.7 Å². The third-order valence-corrected chi connectivity index (χ3v) is 12.8. The second kappa shape index (κ2) is 14.5. The summed E-state index contributed by atoms with van der Waals surface area (Å²) in [7, 11) is 4.62. The van der Waals surface area contributed by atoms with Crippen molar-refractivity contribution in [2.45, 2.75) is 64.1 Å². The number of aryl methyl sites for hydroxylation is 5. The fourth-order valence-electron chi connectivity index (χ4n) is 9.87. The molecule has 1 saturated heterocycles. The van der Waals surface area contributed by atoms with Gasteiger partial charge in [-0.25, -0.2) is 28.5 Å². The molecule has 4 aromatic carbocycles. The van der Waals surface area contributed by atoms with Gasteiger partial charge >= 0.3 is 11.4 Å². The van der Waals surface area contributed by atoms with Crippen LogP contribution in [0.25, 0.3) is 11.0 Å². The summed E-state index contributed by atoms with van der Waals surface area (Å²) in [4.78, 5) is 77.5. The Morgan fingerprint density at radius 1 is 0.869 bits per heavy atom. The van der Waals surface area contributed by atoms with Gasteiger partial charge in [-0.15, -0.1) is 0 Å². The number of aromatic hydroxyl groups is 1. The number of hydrazine groups is 1. The van der Waals surface area contributed by atoms with Gasteiger partial charge in [-0.1, -0.05) is 66.2 Å². The number of fused-ring (bicyclic) bond motifs is 5. The quantitative estimate of drug-likeness (QED) is 0.156. The number of carbonyl (C=O) groups is 2. The van der Waals surface area contributed by atoms with Crippen LogP contribution in [0.4, 0.5) is 5.69 Å². The van der Waals surface area contributed by atoms with E-state index in [0.29, 0.717) is 56.0 Å². The largest absolute Gasteiger partial charge is 0.507 e. The minimum absolute atomic E-state index is 0.0140. The maximum absolute atomic E-state index is 15.4. The van der Waals surface area contributed by atoms with E-state index in [0.717, 1.165) is 15.1 Å². The maximum Gasteiger partial charge on any atom is 0.347 e. The number of hydrogen-bond acceptors (Lipinski definition) is 10. The molecule has 0 radical (unpaired) electrons. The molecule has 0 unspecified atom stereocenters. The molecule has 2 aliphatic heterocycles. The lowest BCUT2D eigenvalue weighted by Gasteiger charge is -2.49. The summed E-state index contributed by atoms with van der Waals surface area (Å²) < 4.78 is 16.2. The monoisotopic (exact) mass is 823 g/mol. The molecule has 2 N–H and O–H groups in total. The molecule has 9 rings (SSSR count). The van der Waals surface area contributed by atoms with Crippen molar-refractivity contribution in [3.05, 3.63) is 155 Å². The Bertz CT molecular complexity index is 2990. The predicted octanol–water partition coefficient (Wildman–Crippen LogP) is 4.57. The number of aromatic nitrogens is 5. The lowest BCUT2D eigenvalue weighted by atomic mass is 9.53. The smallest absolute Gasteiger partial charge is 0.347 e. The molecule has 1 aliphatic carbocycles. The SMILES string of the molecule is COc1cc2nc(CCn3c(=O)n4n(c3=O)[C@@H]3C[C@H]5C(=O)N(Nc6ccc(C)cc6)C(=O)[C@@]5(c5ccccc5)[C@@H](c5cc(C)c(O)c(C)c5)C3=CC4)c(=O)n(C)c2cc1OC. The number of amides is 2. The van der Waals surface area contributed by atoms with E-state index in [2.05, 4.69) is 10.4 Å². The zero-order valence-corrected chi connectivity index (χ0v) is 34.6. The van der Waals surface area contributed by atoms with E-state index in [1.165, 1.54) is 28.2 Å². The lowest BCUT2D eigenvalue weighted by Crippen LogP contribution is -2.53. The number of nitrogens with one attached hydrogen (secondary N) is 1. The predicted molar refractivity (Wildman–Crippen MR) is 227 cm³/mol. The third kappa shape index (κ3) is 5.85. The summed E-state index contributed by atoms with van der Waals surface area (Å²) in [5.41, 5.74) is 5.97. The molecule has 2 amide bonds. The molecule has 1 saturated carbocycles. The number of imide groups is 1. The van der Waals surface area contributed by atoms with E-state index >= 15 is 4.79 Å². The molecule has 15 nitrogen and oxygen atoms in total. The fourth-order valence-corrected chi connectivity index (χ4v) is 9.87. The third-order valence-electron chi connectivity index (χ3n) is 12.8. The number of carbonyl (C=O) groups excluding carboxylic acids is 2. The summed E-state index contributed by atoms with van der Waals surface area (Å²) in [6.45, 7) is 5.39. The van der Waals surface area contributed by atoms with Gasteiger partial charge in [0, 0.05) is 38.1 Å². The topological polar surface area (TPSA) is 172 Å². The number of rotatable bonds is 9. The highest BCUT2D eigenvalue weighted by molar-refractivity contribution is 6.12. The first-order valence-electron chi connectivity index (χ1n) is 20.1. The average molecular weight is 824 g/mol. The first-order valence-corrected chi connectivity index (χ1v) is 20.1. The van der Waals surface area contributed by atoms with Crippen LogP contribution in [0.3, 0.4) is 0 Å². The van der Waals surface area contributed by atoms with Gasteiger partial charge in [-0.2, -0.15) is 5.01 Å². The average Bonchev–Trinajstić information content (AvgIpc) is 3.63. The van der Waals surface area contributed by atoms with Crippen LogP contribution in [0.5, 0.6) is 17.2 Å². The molecule has 15 heteroatoms. The Balaban J connectivity index is 1.17. The van der Waals surface area contributed by atoms with E-state index in [1.807, 2.05) is 67.6 Å². The summed E-state index contributed by atoms with van der Waals surface area (Å²) in [5, 5.41) is 12.0. The van der Waals surface area contributed by atoms with Gasteiger partial charge in [0.05, 0.1) is 54.9 Å². The lowest BCUT2D eigenvalue weighted by molar-refractivity contribution is -0.138. The molecule has 312 valence electrons. The van der Waals surface area contributed by atoms with Crippen LogP contribution in [0.15, 0.2) is 105 Å². The first kappa shape index (κ1) is 39.3. The van der Waals surface area contributed by atoms with Crippen molar-refractivity contribution in [2.24, 2.45) is 13.0 Å². The minimum atomic E-state index is -1.47. The van der Waals surface area contributed by atoms with Crippen LogP contribution < -0.4 is 31.8 Å². The highest BCUT2D eigenvalue weighted by atomic mass is 16.5. The Kier molecular flexibility index (Phi) is 9.37. The summed E-state index contributed by atoms with van der Waals surface area (Å²) in [6, 6.07) is 22.8. The summed E-state index contributed by atoms with van der Waals surface area (Å²) in [5.74, 6) is -1.71. The molecule has 61 heavy (non-hydrogen) atoms. The molecule has 0 spiro atoms. The van der Waals surface area contributed by atoms with E-state index in [1.54, 1.807) is 45.2 Å². The Hall–Kier alpha value is -7.16. The van der Waals surface area contributed by atoms with Gasteiger partial charge < -0.3 is 19.1 Å². The second-order valence-electron chi connectivity index (χ2n) is 16.1. The Morgan fingerprint density at radius 2 is 1.54 bits per heavy atom. The molecule has 3 aliphatic rings. The van der Waals surface area contributed by atoms with E-state index in [4.69, 9.17) is 9.47 Å². The Morgan fingerprint density at radius 3 is 2.21 bits per heavy atom.